The normalized spacial score (nSPS) is 25.3. The van der Waals surface area contributed by atoms with Crippen molar-refractivity contribution in [3.05, 3.63) is 0 Å². The summed E-state index contributed by atoms with van der Waals surface area (Å²) in [6.07, 6.45) is 0.650. The third kappa shape index (κ3) is 2.61. The van der Waals surface area contributed by atoms with E-state index in [1.165, 1.54) is 0 Å². The van der Waals surface area contributed by atoms with Crippen LogP contribution in [0.5, 0.6) is 0 Å². The summed E-state index contributed by atoms with van der Waals surface area (Å²) < 4.78 is 0. The van der Waals surface area contributed by atoms with Crippen LogP contribution in [0.3, 0.4) is 0 Å². The Balaban J connectivity index is 2.86. The van der Waals surface area contributed by atoms with Gasteiger partial charge >= 0.3 is 0 Å². The maximum Gasteiger partial charge on any atom is 0.244 e. The molecule has 1 atom stereocenters. The minimum atomic E-state index is -0.830. The van der Waals surface area contributed by atoms with Crippen molar-refractivity contribution in [2.75, 3.05) is 20.1 Å². The number of hydrogen-bond acceptors (Lipinski definition) is 3. The second kappa shape index (κ2) is 5.05. The van der Waals surface area contributed by atoms with Crippen LogP contribution >= 0.6 is 0 Å². The zero-order chi connectivity index (χ0) is 13.2. The molecule has 0 aromatic rings. The van der Waals surface area contributed by atoms with E-state index in [0.29, 0.717) is 19.0 Å². The molecular formula is C13H23N3O. The van der Waals surface area contributed by atoms with Gasteiger partial charge in [-0.25, -0.2) is 0 Å². The van der Waals surface area contributed by atoms with Gasteiger partial charge in [0.1, 0.15) is 5.41 Å². The average molecular weight is 237 g/mol. The maximum atomic E-state index is 12.4. The second-order valence-corrected chi connectivity index (χ2v) is 5.52. The number of rotatable bonds is 3. The standard InChI is InChI=1S/C13H23N3O/c1-10(2)15(5)12(17)13(8-14)6-7-16(9-13)11(3)4/h10-11H,6-7,9H2,1-5H3/t13-/m1/s1. The Labute approximate surface area is 104 Å². The number of likely N-dealkylation sites (tertiary alicyclic amines) is 1. The van der Waals surface area contributed by atoms with Gasteiger partial charge in [-0.15, -0.1) is 0 Å². The summed E-state index contributed by atoms with van der Waals surface area (Å²) in [5.41, 5.74) is -0.830. The highest BCUT2D eigenvalue weighted by atomic mass is 16.2. The van der Waals surface area contributed by atoms with E-state index in [-0.39, 0.29) is 11.9 Å². The Morgan fingerprint density at radius 3 is 2.35 bits per heavy atom. The summed E-state index contributed by atoms with van der Waals surface area (Å²) in [6, 6.07) is 2.80. The Kier molecular flexibility index (Phi) is 4.16. The van der Waals surface area contributed by atoms with Gasteiger partial charge in [-0.2, -0.15) is 5.26 Å². The molecule has 1 rings (SSSR count). The van der Waals surface area contributed by atoms with Gasteiger partial charge in [0, 0.05) is 32.2 Å². The fourth-order valence-electron chi connectivity index (χ4n) is 2.17. The number of nitrogens with zero attached hydrogens (tertiary/aromatic N) is 3. The van der Waals surface area contributed by atoms with Crippen LogP contribution in [0.15, 0.2) is 0 Å². The van der Waals surface area contributed by atoms with Crippen LogP contribution in [0.1, 0.15) is 34.1 Å². The fraction of sp³-hybridized carbons (Fsp3) is 0.846. The molecule has 1 aliphatic rings. The molecule has 17 heavy (non-hydrogen) atoms. The summed E-state index contributed by atoms with van der Waals surface area (Å²) in [5.74, 6) is -0.0295. The van der Waals surface area contributed by atoms with Crippen LogP contribution in [0, 0.1) is 16.7 Å². The molecule has 4 heteroatoms. The molecular weight excluding hydrogens is 214 g/mol. The highest BCUT2D eigenvalue weighted by Gasteiger charge is 2.47. The monoisotopic (exact) mass is 237 g/mol. The van der Waals surface area contributed by atoms with Crippen LogP contribution in [-0.4, -0.2) is 47.9 Å². The predicted molar refractivity (Wildman–Crippen MR) is 67.3 cm³/mol. The van der Waals surface area contributed by atoms with E-state index in [1.54, 1.807) is 11.9 Å². The van der Waals surface area contributed by atoms with Crippen LogP contribution < -0.4 is 0 Å². The maximum absolute atomic E-state index is 12.4. The van der Waals surface area contributed by atoms with Gasteiger partial charge in [-0.1, -0.05) is 0 Å². The minimum absolute atomic E-state index is 0.0295. The quantitative estimate of drug-likeness (QED) is 0.747. The van der Waals surface area contributed by atoms with Crippen LogP contribution in [0.4, 0.5) is 0 Å². The van der Waals surface area contributed by atoms with Crippen LogP contribution in [0.2, 0.25) is 0 Å². The van der Waals surface area contributed by atoms with E-state index in [0.717, 1.165) is 6.54 Å². The summed E-state index contributed by atoms with van der Waals surface area (Å²) in [5, 5.41) is 9.39. The van der Waals surface area contributed by atoms with Gasteiger partial charge in [-0.05, 0) is 34.1 Å². The zero-order valence-electron chi connectivity index (χ0n) is 11.5. The molecule has 0 aromatic carbocycles. The molecule has 96 valence electrons. The van der Waals surface area contributed by atoms with E-state index in [4.69, 9.17) is 0 Å². The minimum Gasteiger partial charge on any atom is -0.342 e. The largest absolute Gasteiger partial charge is 0.342 e. The van der Waals surface area contributed by atoms with Gasteiger partial charge in [-0.3, -0.25) is 9.69 Å². The van der Waals surface area contributed by atoms with Crippen LogP contribution in [0.25, 0.3) is 0 Å². The first-order valence-electron chi connectivity index (χ1n) is 6.26. The number of carbonyl (C=O) groups is 1. The average Bonchev–Trinajstić information content (AvgIpc) is 2.72. The number of carbonyl (C=O) groups excluding carboxylic acids is 1. The lowest BCUT2D eigenvalue weighted by Crippen LogP contribution is -2.46. The smallest absolute Gasteiger partial charge is 0.244 e. The van der Waals surface area contributed by atoms with Gasteiger partial charge in [0.05, 0.1) is 6.07 Å². The van der Waals surface area contributed by atoms with Crippen molar-refractivity contribution < 1.29 is 4.79 Å². The van der Waals surface area contributed by atoms with Crippen molar-refractivity contribution in [3.8, 4) is 6.07 Å². The van der Waals surface area contributed by atoms with Crippen molar-refractivity contribution in [2.45, 2.75) is 46.2 Å². The van der Waals surface area contributed by atoms with Crippen molar-refractivity contribution in [1.82, 2.24) is 9.80 Å². The van der Waals surface area contributed by atoms with E-state index in [2.05, 4.69) is 24.8 Å². The van der Waals surface area contributed by atoms with Gasteiger partial charge < -0.3 is 4.90 Å². The molecule has 4 nitrogen and oxygen atoms in total. The molecule has 1 fully saturated rings. The fourth-order valence-corrected chi connectivity index (χ4v) is 2.17. The molecule has 0 unspecified atom stereocenters. The summed E-state index contributed by atoms with van der Waals surface area (Å²) in [7, 11) is 1.78. The summed E-state index contributed by atoms with van der Waals surface area (Å²) in [4.78, 5) is 16.3. The Morgan fingerprint density at radius 1 is 1.41 bits per heavy atom. The second-order valence-electron chi connectivity index (χ2n) is 5.52. The summed E-state index contributed by atoms with van der Waals surface area (Å²) >= 11 is 0. The van der Waals surface area contributed by atoms with Crippen molar-refractivity contribution in [3.63, 3.8) is 0 Å². The molecule has 1 saturated heterocycles. The molecule has 0 spiro atoms. The lowest BCUT2D eigenvalue weighted by molar-refractivity contribution is -0.138. The zero-order valence-corrected chi connectivity index (χ0v) is 11.5. The topological polar surface area (TPSA) is 47.3 Å². The van der Waals surface area contributed by atoms with E-state index in [9.17, 15) is 10.1 Å². The van der Waals surface area contributed by atoms with Gasteiger partial charge in [0.25, 0.3) is 0 Å². The lowest BCUT2D eigenvalue weighted by Gasteiger charge is -2.30. The first kappa shape index (κ1) is 14.0. The predicted octanol–water partition coefficient (Wildman–Crippen LogP) is 1.48. The van der Waals surface area contributed by atoms with E-state index >= 15 is 0 Å². The molecule has 0 saturated carbocycles. The molecule has 0 radical (unpaired) electrons. The Morgan fingerprint density at radius 2 is 2.00 bits per heavy atom. The molecule has 1 aliphatic heterocycles. The molecule has 0 bridgehead atoms. The molecule has 1 heterocycles. The van der Waals surface area contributed by atoms with Crippen molar-refractivity contribution in [2.24, 2.45) is 5.41 Å². The Bertz CT molecular complexity index is 332. The van der Waals surface area contributed by atoms with Crippen LogP contribution in [-0.2, 0) is 4.79 Å². The molecule has 0 N–H and O–H groups in total. The lowest BCUT2D eigenvalue weighted by atomic mass is 9.87. The first-order valence-corrected chi connectivity index (χ1v) is 6.26. The van der Waals surface area contributed by atoms with E-state index in [1.807, 2.05) is 13.8 Å². The molecule has 1 amide bonds. The third-order valence-corrected chi connectivity index (χ3v) is 3.75. The third-order valence-electron chi connectivity index (χ3n) is 3.75. The van der Waals surface area contributed by atoms with Crippen molar-refractivity contribution in [1.29, 1.82) is 5.26 Å². The number of hydrogen-bond donors (Lipinski definition) is 0. The summed E-state index contributed by atoms with van der Waals surface area (Å²) in [6.45, 7) is 9.55. The van der Waals surface area contributed by atoms with Gasteiger partial charge in [0.15, 0.2) is 0 Å². The van der Waals surface area contributed by atoms with E-state index < -0.39 is 5.41 Å². The highest BCUT2D eigenvalue weighted by molar-refractivity contribution is 5.86. The van der Waals surface area contributed by atoms with Crippen molar-refractivity contribution >= 4 is 5.91 Å². The Hall–Kier alpha value is -1.08. The highest BCUT2D eigenvalue weighted by Crippen LogP contribution is 2.33. The van der Waals surface area contributed by atoms with Gasteiger partial charge in [0.2, 0.25) is 5.91 Å². The number of amides is 1. The number of nitriles is 1. The molecule has 0 aliphatic carbocycles. The SMILES string of the molecule is CC(C)N1CC[C@](C#N)(C(=O)N(C)C(C)C)C1. The first-order chi connectivity index (χ1) is 7.84. The molecule has 0 aromatic heterocycles.